The quantitative estimate of drug-likeness (QED) is 0.531. The molecule has 14 heavy (non-hydrogen) atoms. The van der Waals surface area contributed by atoms with Crippen molar-refractivity contribution < 1.29 is 0 Å². The van der Waals surface area contributed by atoms with Crippen molar-refractivity contribution >= 4 is 0 Å². The van der Waals surface area contributed by atoms with E-state index >= 15 is 0 Å². The van der Waals surface area contributed by atoms with Gasteiger partial charge in [0.15, 0.2) is 0 Å². The average molecular weight is 196 g/mol. The summed E-state index contributed by atoms with van der Waals surface area (Å²) in [5.74, 6) is 4.03. The molecular formula is C14H28. The molecule has 3 atom stereocenters. The predicted octanol–water partition coefficient (Wildman–Crippen LogP) is 4.89. The lowest BCUT2D eigenvalue weighted by Crippen LogP contribution is -2.37. The molecule has 1 aliphatic carbocycles. The molecule has 3 unspecified atom stereocenters. The van der Waals surface area contributed by atoms with Crippen molar-refractivity contribution in [1.82, 2.24) is 0 Å². The predicted molar refractivity (Wildman–Crippen MR) is 64.4 cm³/mol. The standard InChI is InChI=1S/C14H28/c1-5-6-7-8-9-13-10-14(11(2)3)12(13)4/h11-14H,5-10H2,1-4H3. The van der Waals surface area contributed by atoms with E-state index in [2.05, 4.69) is 27.7 Å². The molecule has 1 saturated carbocycles. The van der Waals surface area contributed by atoms with Gasteiger partial charge in [-0.1, -0.05) is 59.8 Å². The number of rotatable bonds is 6. The summed E-state index contributed by atoms with van der Waals surface area (Å²) in [6, 6.07) is 0. The third-order valence-electron chi connectivity index (χ3n) is 4.28. The molecule has 1 fully saturated rings. The van der Waals surface area contributed by atoms with Crippen molar-refractivity contribution in [1.29, 1.82) is 0 Å². The van der Waals surface area contributed by atoms with E-state index in [0.29, 0.717) is 0 Å². The van der Waals surface area contributed by atoms with E-state index in [-0.39, 0.29) is 0 Å². The molecule has 0 aromatic heterocycles. The first kappa shape index (κ1) is 12.1. The first-order valence-corrected chi connectivity index (χ1v) is 6.66. The van der Waals surface area contributed by atoms with Gasteiger partial charge in [0.05, 0.1) is 0 Å². The highest BCUT2D eigenvalue weighted by atomic mass is 14.4. The van der Waals surface area contributed by atoms with Gasteiger partial charge in [0.1, 0.15) is 0 Å². The van der Waals surface area contributed by atoms with Gasteiger partial charge in [-0.05, 0) is 30.1 Å². The molecule has 0 N–H and O–H groups in total. The van der Waals surface area contributed by atoms with Crippen LogP contribution in [-0.4, -0.2) is 0 Å². The highest BCUT2D eigenvalue weighted by Crippen LogP contribution is 2.46. The van der Waals surface area contributed by atoms with Crippen molar-refractivity contribution in [2.75, 3.05) is 0 Å². The van der Waals surface area contributed by atoms with Crippen LogP contribution < -0.4 is 0 Å². The summed E-state index contributed by atoms with van der Waals surface area (Å²) < 4.78 is 0. The van der Waals surface area contributed by atoms with Crippen molar-refractivity contribution in [3.05, 3.63) is 0 Å². The molecule has 0 heteroatoms. The fourth-order valence-electron chi connectivity index (χ4n) is 3.03. The normalized spacial score (nSPS) is 31.9. The van der Waals surface area contributed by atoms with Crippen LogP contribution in [0.3, 0.4) is 0 Å². The Morgan fingerprint density at radius 2 is 1.86 bits per heavy atom. The Balaban J connectivity index is 2.06. The number of hydrogen-bond acceptors (Lipinski definition) is 0. The van der Waals surface area contributed by atoms with Crippen molar-refractivity contribution in [3.63, 3.8) is 0 Å². The largest absolute Gasteiger partial charge is 0.0654 e. The Morgan fingerprint density at radius 3 is 2.36 bits per heavy atom. The Bertz CT molecular complexity index is 148. The zero-order valence-corrected chi connectivity index (χ0v) is 10.6. The molecule has 1 rings (SSSR count). The van der Waals surface area contributed by atoms with E-state index < -0.39 is 0 Å². The van der Waals surface area contributed by atoms with Crippen LogP contribution in [0.1, 0.15) is 66.2 Å². The summed E-state index contributed by atoms with van der Waals surface area (Å²) >= 11 is 0. The average Bonchev–Trinajstić information content (AvgIpc) is 2.14. The second-order valence-corrected chi connectivity index (χ2v) is 5.61. The van der Waals surface area contributed by atoms with Crippen LogP contribution in [0.25, 0.3) is 0 Å². The summed E-state index contributed by atoms with van der Waals surface area (Å²) in [4.78, 5) is 0. The summed E-state index contributed by atoms with van der Waals surface area (Å²) in [5, 5.41) is 0. The van der Waals surface area contributed by atoms with Crippen LogP contribution in [0.5, 0.6) is 0 Å². The SMILES string of the molecule is CCCCCCC1CC(C(C)C)C1C. The van der Waals surface area contributed by atoms with Gasteiger partial charge in [0.2, 0.25) is 0 Å². The second-order valence-electron chi connectivity index (χ2n) is 5.61. The molecule has 0 spiro atoms. The van der Waals surface area contributed by atoms with Gasteiger partial charge in [-0.2, -0.15) is 0 Å². The third kappa shape index (κ3) is 3.00. The van der Waals surface area contributed by atoms with Crippen LogP contribution in [0, 0.1) is 23.7 Å². The van der Waals surface area contributed by atoms with E-state index in [1.165, 1.54) is 38.5 Å². The van der Waals surface area contributed by atoms with Crippen LogP contribution in [0.4, 0.5) is 0 Å². The molecular weight excluding hydrogens is 168 g/mol. The summed E-state index contributed by atoms with van der Waals surface area (Å²) in [5.41, 5.74) is 0. The molecule has 0 nitrogen and oxygen atoms in total. The lowest BCUT2D eigenvalue weighted by atomic mass is 9.60. The molecule has 0 amide bonds. The zero-order chi connectivity index (χ0) is 10.6. The second kappa shape index (κ2) is 5.78. The minimum atomic E-state index is 0.914. The van der Waals surface area contributed by atoms with Gasteiger partial charge >= 0.3 is 0 Å². The van der Waals surface area contributed by atoms with Crippen molar-refractivity contribution in [3.8, 4) is 0 Å². The number of hydrogen-bond donors (Lipinski definition) is 0. The van der Waals surface area contributed by atoms with Crippen molar-refractivity contribution in [2.45, 2.75) is 66.2 Å². The maximum absolute atomic E-state index is 2.47. The van der Waals surface area contributed by atoms with Gasteiger partial charge in [-0.15, -0.1) is 0 Å². The van der Waals surface area contributed by atoms with Gasteiger partial charge < -0.3 is 0 Å². The summed E-state index contributed by atoms with van der Waals surface area (Å²) in [6.45, 7) is 9.53. The minimum absolute atomic E-state index is 0.914. The van der Waals surface area contributed by atoms with Gasteiger partial charge in [0, 0.05) is 0 Å². The topological polar surface area (TPSA) is 0 Å². The van der Waals surface area contributed by atoms with E-state index in [1.807, 2.05) is 0 Å². The molecule has 84 valence electrons. The van der Waals surface area contributed by atoms with Crippen LogP contribution in [0.2, 0.25) is 0 Å². The number of unbranched alkanes of at least 4 members (excludes halogenated alkanes) is 3. The fourth-order valence-corrected chi connectivity index (χ4v) is 3.03. The molecule has 0 saturated heterocycles. The molecule has 0 aromatic rings. The van der Waals surface area contributed by atoms with Gasteiger partial charge in [-0.3, -0.25) is 0 Å². The smallest absolute Gasteiger partial charge is 0.0360 e. The van der Waals surface area contributed by atoms with Gasteiger partial charge in [-0.25, -0.2) is 0 Å². The van der Waals surface area contributed by atoms with E-state index in [9.17, 15) is 0 Å². The highest BCUT2D eigenvalue weighted by Gasteiger charge is 2.38. The van der Waals surface area contributed by atoms with E-state index in [0.717, 1.165) is 23.7 Å². The Hall–Kier alpha value is 0. The van der Waals surface area contributed by atoms with E-state index in [4.69, 9.17) is 0 Å². The summed E-state index contributed by atoms with van der Waals surface area (Å²) in [6.07, 6.45) is 8.78. The lowest BCUT2D eigenvalue weighted by Gasteiger charge is -2.45. The Kier molecular flexibility index (Phi) is 4.98. The Labute approximate surface area is 90.5 Å². The zero-order valence-electron chi connectivity index (χ0n) is 10.6. The third-order valence-corrected chi connectivity index (χ3v) is 4.28. The molecule has 1 aliphatic rings. The van der Waals surface area contributed by atoms with Crippen molar-refractivity contribution in [2.24, 2.45) is 23.7 Å². The van der Waals surface area contributed by atoms with E-state index in [1.54, 1.807) is 0 Å². The molecule has 0 heterocycles. The highest BCUT2D eigenvalue weighted by molar-refractivity contribution is 4.87. The first-order valence-electron chi connectivity index (χ1n) is 6.66. The molecule has 0 aromatic carbocycles. The fraction of sp³-hybridized carbons (Fsp3) is 1.00. The summed E-state index contributed by atoms with van der Waals surface area (Å²) in [7, 11) is 0. The Morgan fingerprint density at radius 1 is 1.14 bits per heavy atom. The molecule has 0 radical (unpaired) electrons. The van der Waals surface area contributed by atoms with Crippen LogP contribution in [-0.2, 0) is 0 Å². The van der Waals surface area contributed by atoms with Gasteiger partial charge in [0.25, 0.3) is 0 Å². The first-order chi connectivity index (χ1) is 6.66. The lowest BCUT2D eigenvalue weighted by molar-refractivity contribution is 0.0414. The van der Waals surface area contributed by atoms with Crippen LogP contribution >= 0.6 is 0 Å². The maximum Gasteiger partial charge on any atom is -0.0360 e. The molecule has 0 bridgehead atoms. The molecule has 0 aliphatic heterocycles. The van der Waals surface area contributed by atoms with Crippen LogP contribution in [0.15, 0.2) is 0 Å². The maximum atomic E-state index is 2.47. The minimum Gasteiger partial charge on any atom is -0.0654 e. The monoisotopic (exact) mass is 196 g/mol.